The lowest BCUT2D eigenvalue weighted by Crippen LogP contribution is -2.46. The monoisotopic (exact) mass is 409 g/mol. The summed E-state index contributed by atoms with van der Waals surface area (Å²) in [6, 6.07) is 8.36. The summed E-state index contributed by atoms with van der Waals surface area (Å²) < 4.78 is 1.07. The van der Waals surface area contributed by atoms with Crippen LogP contribution in [-0.2, 0) is 4.79 Å². The molecular weight excluding hydrogens is 389 g/mol. The summed E-state index contributed by atoms with van der Waals surface area (Å²) in [6.45, 7) is 2.44. The van der Waals surface area contributed by atoms with E-state index < -0.39 is 0 Å². The quantitative estimate of drug-likeness (QED) is 0.750. The van der Waals surface area contributed by atoms with Gasteiger partial charge in [-0.3, -0.25) is 9.69 Å². The van der Waals surface area contributed by atoms with E-state index in [2.05, 4.69) is 38.1 Å². The smallest absolute Gasteiger partial charge is 0.238 e. The highest BCUT2D eigenvalue weighted by Gasteiger charge is 2.20. The highest BCUT2D eigenvalue weighted by molar-refractivity contribution is 14.1. The molecule has 0 saturated carbocycles. The fourth-order valence-electron chi connectivity index (χ4n) is 2.39. The Balaban J connectivity index is 0.00000200. The van der Waals surface area contributed by atoms with E-state index in [1.165, 1.54) is 6.42 Å². The van der Waals surface area contributed by atoms with Crippen LogP contribution in [0, 0.1) is 3.57 Å². The Morgan fingerprint density at radius 2 is 2.20 bits per heavy atom. The molecule has 1 aromatic rings. The van der Waals surface area contributed by atoms with Gasteiger partial charge in [0.25, 0.3) is 0 Å². The molecule has 112 valence electrons. The molecule has 1 saturated heterocycles. The van der Waals surface area contributed by atoms with Gasteiger partial charge in [-0.25, -0.2) is 0 Å². The summed E-state index contributed by atoms with van der Waals surface area (Å²) in [5.74, 6) is 0.0702. The van der Waals surface area contributed by atoms with Gasteiger partial charge in [0.2, 0.25) is 5.91 Å². The largest absolute Gasteiger partial charge is 0.324 e. The molecule has 1 fully saturated rings. The minimum absolute atomic E-state index is 0. The van der Waals surface area contributed by atoms with E-state index in [0.717, 1.165) is 28.8 Å². The molecule has 6 heteroatoms. The first-order valence-corrected chi connectivity index (χ1v) is 7.71. The van der Waals surface area contributed by atoms with Crippen LogP contribution < -0.4 is 10.6 Å². The average Bonchev–Trinajstić information content (AvgIpc) is 2.41. The number of carbonyl (C=O) groups excluding carboxylic acids is 1. The fourth-order valence-corrected chi connectivity index (χ4v) is 2.91. The van der Waals surface area contributed by atoms with Crippen molar-refractivity contribution in [2.75, 3.05) is 32.0 Å². The molecule has 1 amide bonds. The number of likely N-dealkylation sites (N-methyl/N-ethyl adjacent to an activating group) is 1. The van der Waals surface area contributed by atoms with Gasteiger partial charge in [-0.1, -0.05) is 12.1 Å². The lowest BCUT2D eigenvalue weighted by Gasteiger charge is -2.31. The first-order valence-electron chi connectivity index (χ1n) is 6.63. The van der Waals surface area contributed by atoms with Gasteiger partial charge in [0.1, 0.15) is 0 Å². The Labute approximate surface area is 140 Å². The number of likely N-dealkylation sites (tertiary alicyclic amines) is 1. The lowest BCUT2D eigenvalue weighted by atomic mass is 10.1. The molecule has 2 rings (SSSR count). The van der Waals surface area contributed by atoms with E-state index in [-0.39, 0.29) is 18.3 Å². The maximum absolute atomic E-state index is 12.1. The number of nitrogens with zero attached hydrogens (tertiary/aromatic N) is 1. The van der Waals surface area contributed by atoms with Crippen molar-refractivity contribution in [3.05, 3.63) is 27.8 Å². The van der Waals surface area contributed by atoms with Crippen LogP contribution in [0.4, 0.5) is 5.69 Å². The van der Waals surface area contributed by atoms with Crippen molar-refractivity contribution in [2.24, 2.45) is 0 Å². The van der Waals surface area contributed by atoms with Crippen molar-refractivity contribution in [3.63, 3.8) is 0 Å². The number of amides is 1. The molecule has 4 nitrogen and oxygen atoms in total. The van der Waals surface area contributed by atoms with Gasteiger partial charge >= 0.3 is 0 Å². The molecule has 0 aromatic heterocycles. The SMILES string of the molecule is CNC1CCCN(CC(=O)Nc2ccccc2I)C1.Cl. The second-order valence-corrected chi connectivity index (χ2v) is 6.05. The van der Waals surface area contributed by atoms with Crippen LogP contribution in [0.5, 0.6) is 0 Å². The molecule has 0 bridgehead atoms. The Morgan fingerprint density at radius 3 is 2.90 bits per heavy atom. The van der Waals surface area contributed by atoms with Crippen molar-refractivity contribution in [2.45, 2.75) is 18.9 Å². The fraction of sp³-hybridized carbons (Fsp3) is 0.500. The van der Waals surface area contributed by atoms with Crippen LogP contribution in [0.25, 0.3) is 0 Å². The molecule has 1 atom stereocenters. The van der Waals surface area contributed by atoms with Crippen LogP contribution in [0.15, 0.2) is 24.3 Å². The summed E-state index contributed by atoms with van der Waals surface area (Å²) >= 11 is 2.24. The number of carbonyl (C=O) groups is 1. The standard InChI is InChI=1S/C14H20IN3O.ClH/c1-16-11-5-4-8-18(9-11)10-14(19)17-13-7-3-2-6-12(13)15;/h2-3,6-7,11,16H,4-5,8-10H2,1H3,(H,17,19);1H. The first-order chi connectivity index (χ1) is 9.19. The summed E-state index contributed by atoms with van der Waals surface area (Å²) in [5.41, 5.74) is 0.898. The van der Waals surface area contributed by atoms with Crippen molar-refractivity contribution >= 4 is 46.6 Å². The Bertz CT molecular complexity index is 444. The number of piperidine rings is 1. The molecule has 20 heavy (non-hydrogen) atoms. The number of anilines is 1. The van der Waals surface area contributed by atoms with Crippen LogP contribution in [0.3, 0.4) is 0 Å². The van der Waals surface area contributed by atoms with Gasteiger partial charge in [0, 0.05) is 16.2 Å². The second-order valence-electron chi connectivity index (χ2n) is 4.89. The highest BCUT2D eigenvalue weighted by Crippen LogP contribution is 2.17. The number of para-hydroxylation sites is 1. The highest BCUT2D eigenvalue weighted by atomic mass is 127. The molecule has 1 aliphatic heterocycles. The lowest BCUT2D eigenvalue weighted by molar-refractivity contribution is -0.117. The maximum atomic E-state index is 12.1. The molecule has 1 aromatic carbocycles. The minimum Gasteiger partial charge on any atom is -0.324 e. The number of halogens is 2. The molecular formula is C14H21ClIN3O. The normalized spacial score (nSPS) is 19.2. The van der Waals surface area contributed by atoms with Crippen LogP contribution in [0.2, 0.25) is 0 Å². The van der Waals surface area contributed by atoms with Crippen molar-refractivity contribution in [1.29, 1.82) is 0 Å². The number of benzene rings is 1. The molecule has 0 radical (unpaired) electrons. The summed E-state index contributed by atoms with van der Waals surface area (Å²) in [7, 11) is 1.99. The predicted molar refractivity (Wildman–Crippen MR) is 93.6 cm³/mol. The Morgan fingerprint density at radius 1 is 1.45 bits per heavy atom. The molecule has 0 aliphatic carbocycles. The van der Waals surface area contributed by atoms with Crippen LogP contribution in [-0.4, -0.2) is 43.5 Å². The van der Waals surface area contributed by atoms with Gasteiger partial charge in [0.15, 0.2) is 0 Å². The Kier molecular flexibility index (Phi) is 7.79. The van der Waals surface area contributed by atoms with Crippen LogP contribution >= 0.6 is 35.0 Å². The third kappa shape index (κ3) is 5.20. The number of nitrogens with one attached hydrogen (secondary N) is 2. The third-order valence-corrected chi connectivity index (χ3v) is 4.37. The zero-order valence-electron chi connectivity index (χ0n) is 11.6. The minimum atomic E-state index is 0. The summed E-state index contributed by atoms with van der Waals surface area (Å²) in [6.07, 6.45) is 2.35. The van der Waals surface area contributed by atoms with Crippen molar-refractivity contribution in [1.82, 2.24) is 10.2 Å². The van der Waals surface area contributed by atoms with E-state index in [1.807, 2.05) is 31.3 Å². The topological polar surface area (TPSA) is 44.4 Å². The van der Waals surface area contributed by atoms with E-state index in [4.69, 9.17) is 0 Å². The zero-order chi connectivity index (χ0) is 13.7. The number of hydrogen-bond donors (Lipinski definition) is 2. The van der Waals surface area contributed by atoms with E-state index in [1.54, 1.807) is 0 Å². The average molecular weight is 410 g/mol. The van der Waals surface area contributed by atoms with E-state index in [0.29, 0.717) is 12.6 Å². The van der Waals surface area contributed by atoms with Gasteiger partial charge in [-0.05, 0) is 61.2 Å². The van der Waals surface area contributed by atoms with Gasteiger partial charge in [0.05, 0.1) is 12.2 Å². The zero-order valence-corrected chi connectivity index (χ0v) is 14.5. The van der Waals surface area contributed by atoms with Gasteiger partial charge in [-0.15, -0.1) is 12.4 Å². The van der Waals surface area contributed by atoms with Crippen molar-refractivity contribution in [3.8, 4) is 0 Å². The summed E-state index contributed by atoms with van der Waals surface area (Å²) in [5, 5.41) is 6.27. The van der Waals surface area contributed by atoms with Crippen LogP contribution in [0.1, 0.15) is 12.8 Å². The Hall–Kier alpha value is -0.370. The van der Waals surface area contributed by atoms with Gasteiger partial charge < -0.3 is 10.6 Å². The molecule has 1 unspecified atom stereocenters. The van der Waals surface area contributed by atoms with E-state index >= 15 is 0 Å². The number of rotatable bonds is 4. The van der Waals surface area contributed by atoms with Crippen molar-refractivity contribution < 1.29 is 4.79 Å². The van der Waals surface area contributed by atoms with E-state index in [9.17, 15) is 4.79 Å². The number of hydrogen-bond acceptors (Lipinski definition) is 3. The molecule has 2 N–H and O–H groups in total. The maximum Gasteiger partial charge on any atom is 0.238 e. The third-order valence-electron chi connectivity index (χ3n) is 3.43. The summed E-state index contributed by atoms with van der Waals surface area (Å²) in [4.78, 5) is 14.3. The van der Waals surface area contributed by atoms with Gasteiger partial charge in [-0.2, -0.15) is 0 Å². The predicted octanol–water partition coefficient (Wildman–Crippen LogP) is 2.34. The first kappa shape index (κ1) is 17.7. The molecule has 1 aliphatic rings. The molecule has 0 spiro atoms. The second kappa shape index (κ2) is 8.81. The molecule has 1 heterocycles.